The Morgan fingerprint density at radius 2 is 1.64 bits per heavy atom. The molecule has 5 nitrogen and oxygen atoms in total. The summed E-state index contributed by atoms with van der Waals surface area (Å²) in [5.74, 6) is -1.09. The van der Waals surface area contributed by atoms with Crippen molar-refractivity contribution in [3.8, 4) is 0 Å². The van der Waals surface area contributed by atoms with Gasteiger partial charge in [0.05, 0.1) is 5.69 Å². The summed E-state index contributed by atoms with van der Waals surface area (Å²) in [5.41, 5.74) is 2.17. The normalized spacial score (nSPS) is 10.6. The highest BCUT2D eigenvalue weighted by atomic mass is 19.1. The molecule has 0 unspecified atom stereocenters. The molecule has 2 aromatic carbocycles. The Labute approximate surface area is 162 Å². The van der Waals surface area contributed by atoms with Crippen LogP contribution in [0.15, 0.2) is 66.9 Å². The van der Waals surface area contributed by atoms with Crippen LogP contribution in [0.5, 0.6) is 0 Å². The summed E-state index contributed by atoms with van der Waals surface area (Å²) in [5, 5.41) is 5.24. The predicted molar refractivity (Wildman–Crippen MR) is 107 cm³/mol. The minimum absolute atomic E-state index is 0.0700. The van der Waals surface area contributed by atoms with Crippen LogP contribution >= 0.6 is 0 Å². The van der Waals surface area contributed by atoms with Crippen LogP contribution in [-0.2, 0) is 0 Å². The molecule has 1 aromatic heterocycles. The van der Waals surface area contributed by atoms with E-state index >= 15 is 0 Å². The van der Waals surface area contributed by atoms with E-state index in [2.05, 4.69) is 29.5 Å². The second kappa shape index (κ2) is 8.43. The van der Waals surface area contributed by atoms with Crippen LogP contribution in [-0.4, -0.2) is 16.8 Å². The number of carbonyl (C=O) groups excluding carboxylic acids is 2. The Hall–Kier alpha value is -3.54. The summed E-state index contributed by atoms with van der Waals surface area (Å²) < 4.78 is 13.7. The van der Waals surface area contributed by atoms with Gasteiger partial charge in [0.25, 0.3) is 11.8 Å². The highest BCUT2D eigenvalue weighted by Crippen LogP contribution is 2.18. The first-order valence-electron chi connectivity index (χ1n) is 8.87. The number of rotatable bonds is 5. The minimum atomic E-state index is -0.535. The van der Waals surface area contributed by atoms with Gasteiger partial charge in [-0.2, -0.15) is 0 Å². The van der Waals surface area contributed by atoms with E-state index in [1.807, 2.05) is 24.3 Å². The zero-order valence-corrected chi connectivity index (χ0v) is 15.6. The van der Waals surface area contributed by atoms with E-state index in [9.17, 15) is 14.0 Å². The van der Waals surface area contributed by atoms with Gasteiger partial charge in [-0.15, -0.1) is 0 Å². The van der Waals surface area contributed by atoms with E-state index in [4.69, 9.17) is 0 Å². The number of para-hydroxylation sites is 1. The number of hydrogen-bond donors (Lipinski definition) is 2. The number of halogens is 1. The standard InChI is InChI=1S/C22H20FN3O2/c1-14(2)15-7-9-17(10-8-15)25-22(28)20-13-16(11-12-24-20)21(27)26-19-6-4-3-5-18(19)23/h3-14H,1-2H3,(H,25,28)(H,26,27). The number of benzene rings is 2. The van der Waals surface area contributed by atoms with Crippen LogP contribution < -0.4 is 10.6 Å². The molecule has 0 saturated heterocycles. The molecule has 6 heteroatoms. The van der Waals surface area contributed by atoms with Gasteiger partial charge in [-0.25, -0.2) is 4.39 Å². The van der Waals surface area contributed by atoms with Crippen LogP contribution in [0.1, 0.15) is 46.2 Å². The molecule has 0 aliphatic rings. The van der Waals surface area contributed by atoms with Crippen LogP contribution in [0.4, 0.5) is 15.8 Å². The lowest BCUT2D eigenvalue weighted by Crippen LogP contribution is -2.17. The summed E-state index contributed by atoms with van der Waals surface area (Å²) >= 11 is 0. The smallest absolute Gasteiger partial charge is 0.274 e. The number of anilines is 2. The zero-order chi connectivity index (χ0) is 20.1. The number of nitrogens with one attached hydrogen (secondary N) is 2. The second-order valence-corrected chi connectivity index (χ2v) is 6.59. The van der Waals surface area contributed by atoms with E-state index in [-0.39, 0.29) is 16.9 Å². The largest absolute Gasteiger partial charge is 0.321 e. The van der Waals surface area contributed by atoms with Gasteiger partial charge in [0.2, 0.25) is 0 Å². The van der Waals surface area contributed by atoms with Crippen LogP contribution in [0.3, 0.4) is 0 Å². The molecule has 1 heterocycles. The Bertz CT molecular complexity index is 1000. The quantitative estimate of drug-likeness (QED) is 0.668. The maximum Gasteiger partial charge on any atom is 0.274 e. The van der Waals surface area contributed by atoms with Crippen molar-refractivity contribution in [1.29, 1.82) is 0 Å². The Morgan fingerprint density at radius 1 is 0.929 bits per heavy atom. The Balaban J connectivity index is 1.72. The SMILES string of the molecule is CC(C)c1ccc(NC(=O)c2cc(C(=O)Nc3ccccc3F)ccn2)cc1. The van der Waals surface area contributed by atoms with Gasteiger partial charge in [0.1, 0.15) is 11.5 Å². The van der Waals surface area contributed by atoms with Crippen molar-refractivity contribution in [3.63, 3.8) is 0 Å². The third-order valence-corrected chi connectivity index (χ3v) is 4.21. The fourth-order valence-electron chi connectivity index (χ4n) is 2.60. The van der Waals surface area contributed by atoms with Gasteiger partial charge in [0, 0.05) is 17.4 Å². The summed E-state index contributed by atoms with van der Waals surface area (Å²) in [4.78, 5) is 28.8. The molecule has 28 heavy (non-hydrogen) atoms. The molecule has 0 aliphatic carbocycles. The average molecular weight is 377 g/mol. The Morgan fingerprint density at radius 3 is 2.32 bits per heavy atom. The molecular weight excluding hydrogens is 357 g/mol. The lowest BCUT2D eigenvalue weighted by Gasteiger charge is -2.09. The molecular formula is C22H20FN3O2. The third kappa shape index (κ3) is 4.59. The molecule has 0 fully saturated rings. The monoisotopic (exact) mass is 377 g/mol. The van der Waals surface area contributed by atoms with Gasteiger partial charge < -0.3 is 10.6 Å². The lowest BCUT2D eigenvalue weighted by atomic mass is 10.0. The number of pyridine rings is 1. The number of amides is 2. The molecule has 0 atom stereocenters. The first kappa shape index (κ1) is 19.2. The molecule has 0 saturated carbocycles. The van der Waals surface area contributed by atoms with Crippen molar-refractivity contribution in [2.45, 2.75) is 19.8 Å². The maximum absolute atomic E-state index is 13.7. The first-order valence-corrected chi connectivity index (χ1v) is 8.87. The first-order chi connectivity index (χ1) is 13.4. The van der Waals surface area contributed by atoms with Crippen LogP contribution in [0.25, 0.3) is 0 Å². The summed E-state index contributed by atoms with van der Waals surface area (Å²) in [6.07, 6.45) is 1.37. The Kier molecular flexibility index (Phi) is 5.79. The summed E-state index contributed by atoms with van der Waals surface area (Å²) in [6.45, 7) is 4.19. The molecule has 2 N–H and O–H groups in total. The fourth-order valence-corrected chi connectivity index (χ4v) is 2.60. The zero-order valence-electron chi connectivity index (χ0n) is 15.6. The molecule has 0 radical (unpaired) electrons. The van der Waals surface area contributed by atoms with E-state index < -0.39 is 17.6 Å². The van der Waals surface area contributed by atoms with Crippen molar-refractivity contribution in [2.24, 2.45) is 0 Å². The molecule has 142 valence electrons. The summed E-state index contributed by atoms with van der Waals surface area (Å²) in [7, 11) is 0. The molecule has 3 aromatic rings. The van der Waals surface area contributed by atoms with Crippen LogP contribution in [0.2, 0.25) is 0 Å². The lowest BCUT2D eigenvalue weighted by molar-refractivity contribution is 0.102. The van der Waals surface area contributed by atoms with Gasteiger partial charge in [-0.05, 0) is 47.9 Å². The summed E-state index contributed by atoms with van der Waals surface area (Å²) in [6, 6.07) is 16.2. The predicted octanol–water partition coefficient (Wildman–Crippen LogP) is 4.85. The van der Waals surface area contributed by atoms with Gasteiger partial charge in [-0.1, -0.05) is 38.1 Å². The molecule has 0 bridgehead atoms. The van der Waals surface area contributed by atoms with Gasteiger partial charge >= 0.3 is 0 Å². The van der Waals surface area contributed by atoms with E-state index in [1.54, 1.807) is 6.07 Å². The van der Waals surface area contributed by atoms with Crippen molar-refractivity contribution in [2.75, 3.05) is 10.6 Å². The van der Waals surface area contributed by atoms with Crippen molar-refractivity contribution < 1.29 is 14.0 Å². The van der Waals surface area contributed by atoms with Crippen molar-refractivity contribution >= 4 is 23.2 Å². The molecule has 2 amide bonds. The second-order valence-electron chi connectivity index (χ2n) is 6.59. The molecule has 0 aliphatic heterocycles. The molecule has 3 rings (SSSR count). The fraction of sp³-hybridized carbons (Fsp3) is 0.136. The third-order valence-electron chi connectivity index (χ3n) is 4.21. The van der Waals surface area contributed by atoms with E-state index in [1.165, 1.54) is 42.1 Å². The van der Waals surface area contributed by atoms with Crippen LogP contribution in [0, 0.1) is 5.82 Å². The van der Waals surface area contributed by atoms with E-state index in [0.29, 0.717) is 11.6 Å². The van der Waals surface area contributed by atoms with Crippen molar-refractivity contribution in [1.82, 2.24) is 4.98 Å². The van der Waals surface area contributed by atoms with Gasteiger partial charge in [-0.3, -0.25) is 14.6 Å². The minimum Gasteiger partial charge on any atom is -0.321 e. The topological polar surface area (TPSA) is 71.1 Å². The highest BCUT2D eigenvalue weighted by Gasteiger charge is 2.14. The molecule has 0 spiro atoms. The number of carbonyl (C=O) groups is 2. The highest BCUT2D eigenvalue weighted by molar-refractivity contribution is 6.07. The number of hydrogen-bond acceptors (Lipinski definition) is 3. The number of aromatic nitrogens is 1. The van der Waals surface area contributed by atoms with Crippen molar-refractivity contribution in [3.05, 3.63) is 89.5 Å². The van der Waals surface area contributed by atoms with E-state index in [0.717, 1.165) is 0 Å². The van der Waals surface area contributed by atoms with Gasteiger partial charge in [0.15, 0.2) is 0 Å². The maximum atomic E-state index is 13.7. The number of nitrogens with zero attached hydrogens (tertiary/aromatic N) is 1. The average Bonchev–Trinajstić information content (AvgIpc) is 2.70.